The highest BCUT2D eigenvalue weighted by Gasteiger charge is 2.40. The number of hydrogen-bond donors (Lipinski definition) is 1. The number of carbonyl (C=O) groups excluding carboxylic acids is 2. The molecule has 4 heterocycles. The van der Waals surface area contributed by atoms with Gasteiger partial charge in [0.15, 0.2) is 0 Å². The normalized spacial score (nSPS) is 21.7. The van der Waals surface area contributed by atoms with Crippen molar-refractivity contribution in [2.45, 2.75) is 45.1 Å². The van der Waals surface area contributed by atoms with Crippen molar-refractivity contribution in [1.82, 2.24) is 14.8 Å². The fraction of sp³-hybridized carbons (Fsp3) is 0.682. The first-order valence-electron chi connectivity index (χ1n) is 10.9. The number of hydrogen-bond acceptors (Lipinski definition) is 6. The topological polar surface area (TPSA) is 74.8 Å². The van der Waals surface area contributed by atoms with Gasteiger partial charge in [-0.1, -0.05) is 6.07 Å². The molecule has 1 amide bonds. The van der Waals surface area contributed by atoms with Crippen molar-refractivity contribution in [3.05, 3.63) is 23.4 Å². The monoisotopic (exact) mass is 400 g/mol. The highest BCUT2D eigenvalue weighted by atomic mass is 16.5. The Morgan fingerprint density at radius 1 is 1.28 bits per heavy atom. The zero-order valence-electron chi connectivity index (χ0n) is 17.5. The molecular weight excluding hydrogens is 368 g/mol. The Labute approximate surface area is 172 Å². The lowest BCUT2D eigenvalue weighted by Crippen LogP contribution is -2.59. The average molecular weight is 401 g/mol. The molecular formula is C22H32N4O3. The number of nitrogens with zero attached hydrogens (tertiary/aromatic N) is 3. The van der Waals surface area contributed by atoms with Crippen LogP contribution in [0.4, 0.5) is 5.82 Å². The van der Waals surface area contributed by atoms with Crippen LogP contribution in [0.15, 0.2) is 12.1 Å². The fourth-order valence-electron chi connectivity index (χ4n) is 4.70. The molecule has 3 aliphatic rings. The van der Waals surface area contributed by atoms with E-state index < -0.39 is 0 Å². The molecule has 1 aromatic heterocycles. The molecule has 0 aromatic carbocycles. The number of likely N-dealkylation sites (tertiary alicyclic amines) is 2. The number of nitrogens with one attached hydrogen (secondary N) is 1. The third-order valence-corrected chi connectivity index (χ3v) is 6.72. The van der Waals surface area contributed by atoms with Gasteiger partial charge in [-0.05, 0) is 56.6 Å². The smallest absolute Gasteiger partial charge is 0.322 e. The minimum Gasteiger partial charge on any atom is -0.468 e. The van der Waals surface area contributed by atoms with Gasteiger partial charge in [-0.15, -0.1) is 0 Å². The van der Waals surface area contributed by atoms with Gasteiger partial charge in [0.1, 0.15) is 11.9 Å². The van der Waals surface area contributed by atoms with Gasteiger partial charge < -0.3 is 15.0 Å². The van der Waals surface area contributed by atoms with Crippen molar-refractivity contribution >= 4 is 17.7 Å². The predicted molar refractivity (Wildman–Crippen MR) is 111 cm³/mol. The van der Waals surface area contributed by atoms with E-state index in [1.807, 2.05) is 16.7 Å². The third kappa shape index (κ3) is 4.39. The summed E-state index contributed by atoms with van der Waals surface area (Å²) in [6, 6.07) is 4.13. The molecule has 0 bridgehead atoms. The number of piperidine rings is 1. The number of aromatic nitrogens is 1. The molecule has 0 aliphatic carbocycles. The van der Waals surface area contributed by atoms with Gasteiger partial charge in [-0.3, -0.25) is 14.5 Å². The fourth-order valence-corrected chi connectivity index (χ4v) is 4.70. The van der Waals surface area contributed by atoms with Crippen LogP contribution >= 0.6 is 0 Å². The lowest BCUT2D eigenvalue weighted by molar-refractivity contribution is -0.154. The van der Waals surface area contributed by atoms with Gasteiger partial charge in [0.25, 0.3) is 0 Å². The van der Waals surface area contributed by atoms with Gasteiger partial charge in [0.05, 0.1) is 13.0 Å². The average Bonchev–Trinajstić information content (AvgIpc) is 2.72. The zero-order valence-corrected chi connectivity index (χ0v) is 17.5. The first-order chi connectivity index (χ1) is 14.0. The van der Waals surface area contributed by atoms with E-state index in [9.17, 15) is 9.59 Å². The molecule has 7 nitrogen and oxygen atoms in total. The number of fused-ring (bicyclic) bond motifs is 1. The maximum absolute atomic E-state index is 12.8. The van der Waals surface area contributed by atoms with E-state index in [-0.39, 0.29) is 23.8 Å². The quantitative estimate of drug-likeness (QED) is 0.759. The summed E-state index contributed by atoms with van der Waals surface area (Å²) in [5.41, 5.74) is 2.49. The number of pyridine rings is 1. The molecule has 2 fully saturated rings. The molecule has 1 aromatic rings. The van der Waals surface area contributed by atoms with Crippen LogP contribution in [0.2, 0.25) is 0 Å². The van der Waals surface area contributed by atoms with Crippen LogP contribution in [0.25, 0.3) is 0 Å². The number of carbonyl (C=O) groups is 2. The Morgan fingerprint density at radius 3 is 2.76 bits per heavy atom. The Bertz CT molecular complexity index is 754. The Balaban J connectivity index is 1.23. The van der Waals surface area contributed by atoms with Crippen molar-refractivity contribution in [2.24, 2.45) is 11.8 Å². The van der Waals surface area contributed by atoms with Crippen LogP contribution in [0.1, 0.15) is 37.4 Å². The van der Waals surface area contributed by atoms with Crippen LogP contribution in [-0.4, -0.2) is 72.5 Å². The molecule has 0 radical (unpaired) electrons. The summed E-state index contributed by atoms with van der Waals surface area (Å²) >= 11 is 0. The van der Waals surface area contributed by atoms with E-state index in [2.05, 4.69) is 17.4 Å². The summed E-state index contributed by atoms with van der Waals surface area (Å²) in [4.78, 5) is 33.2. The maximum Gasteiger partial charge on any atom is 0.322 e. The molecule has 1 N–H and O–H groups in total. The Morgan fingerprint density at radius 2 is 2.03 bits per heavy atom. The van der Waals surface area contributed by atoms with Crippen LogP contribution in [0.3, 0.4) is 0 Å². The summed E-state index contributed by atoms with van der Waals surface area (Å²) in [7, 11) is 1.40. The van der Waals surface area contributed by atoms with Gasteiger partial charge in [-0.25, -0.2) is 4.98 Å². The number of rotatable bonds is 5. The minimum absolute atomic E-state index is 0.0204. The summed E-state index contributed by atoms with van der Waals surface area (Å²) in [5, 5.41) is 3.41. The number of amides is 1. The van der Waals surface area contributed by atoms with Crippen molar-refractivity contribution in [3.63, 3.8) is 0 Å². The van der Waals surface area contributed by atoms with Gasteiger partial charge in [0.2, 0.25) is 5.91 Å². The second-order valence-electron chi connectivity index (χ2n) is 8.66. The highest BCUT2D eigenvalue weighted by Crippen LogP contribution is 2.27. The largest absolute Gasteiger partial charge is 0.468 e. The lowest BCUT2D eigenvalue weighted by atomic mass is 9.89. The summed E-state index contributed by atoms with van der Waals surface area (Å²) < 4.78 is 4.79. The molecule has 2 saturated heterocycles. The molecule has 3 aliphatic heterocycles. The van der Waals surface area contributed by atoms with Gasteiger partial charge in [0, 0.05) is 38.4 Å². The zero-order chi connectivity index (χ0) is 20.4. The van der Waals surface area contributed by atoms with E-state index in [0.717, 1.165) is 56.8 Å². The first kappa shape index (κ1) is 20.1. The second kappa shape index (κ2) is 8.69. The molecule has 7 heteroatoms. The third-order valence-electron chi connectivity index (χ3n) is 6.72. The van der Waals surface area contributed by atoms with Crippen LogP contribution < -0.4 is 5.32 Å². The number of anilines is 1. The number of esters is 1. The summed E-state index contributed by atoms with van der Waals surface area (Å²) in [5.74, 6) is 1.69. The number of aryl methyl sites for hydroxylation is 1. The number of ether oxygens (including phenoxy) is 1. The van der Waals surface area contributed by atoms with Gasteiger partial charge in [-0.2, -0.15) is 0 Å². The molecule has 4 rings (SSSR count). The second-order valence-corrected chi connectivity index (χ2v) is 8.66. The molecule has 158 valence electrons. The summed E-state index contributed by atoms with van der Waals surface area (Å²) in [6.07, 6.45) is 5.36. The minimum atomic E-state index is -0.270. The first-order valence-corrected chi connectivity index (χ1v) is 10.9. The van der Waals surface area contributed by atoms with Crippen LogP contribution in [0, 0.1) is 11.8 Å². The summed E-state index contributed by atoms with van der Waals surface area (Å²) in [6.45, 7) is 5.82. The van der Waals surface area contributed by atoms with Crippen molar-refractivity contribution in [3.8, 4) is 0 Å². The van der Waals surface area contributed by atoms with Crippen molar-refractivity contribution < 1.29 is 14.3 Å². The van der Waals surface area contributed by atoms with E-state index in [0.29, 0.717) is 19.0 Å². The SMILES string of the molecule is COC(=O)C(C)N1CC(C(=O)N2CCC(Cc3ccc4c(n3)NCCC4)CC2)C1. The van der Waals surface area contributed by atoms with E-state index in [4.69, 9.17) is 9.72 Å². The molecule has 1 unspecified atom stereocenters. The molecule has 0 saturated carbocycles. The Hall–Kier alpha value is -2.15. The molecule has 1 atom stereocenters. The van der Waals surface area contributed by atoms with E-state index in [1.165, 1.54) is 19.1 Å². The molecule has 29 heavy (non-hydrogen) atoms. The maximum atomic E-state index is 12.8. The van der Waals surface area contributed by atoms with Crippen molar-refractivity contribution in [1.29, 1.82) is 0 Å². The van der Waals surface area contributed by atoms with Crippen LogP contribution in [0.5, 0.6) is 0 Å². The van der Waals surface area contributed by atoms with Gasteiger partial charge >= 0.3 is 5.97 Å². The van der Waals surface area contributed by atoms with E-state index in [1.54, 1.807) is 0 Å². The lowest BCUT2D eigenvalue weighted by Gasteiger charge is -2.44. The standard InChI is InChI=1S/C22H32N4O3/c1-15(22(28)29-2)26-13-18(14-26)21(27)25-10-7-16(8-11-25)12-19-6-5-17-4-3-9-23-20(17)24-19/h5-6,15-16,18H,3-4,7-14H2,1-2H3,(H,23,24). The number of methoxy groups -OCH3 is 1. The predicted octanol–water partition coefficient (Wildman–Crippen LogP) is 1.71. The molecule has 0 spiro atoms. The Kier molecular flexibility index (Phi) is 6.04. The van der Waals surface area contributed by atoms with Crippen molar-refractivity contribution in [2.75, 3.05) is 45.2 Å². The van der Waals surface area contributed by atoms with Crippen LogP contribution in [-0.2, 0) is 27.2 Å². The highest BCUT2D eigenvalue weighted by molar-refractivity contribution is 5.81. The van der Waals surface area contributed by atoms with E-state index >= 15 is 0 Å².